The van der Waals surface area contributed by atoms with E-state index in [-0.39, 0.29) is 0 Å². The molecule has 0 aromatic heterocycles. The molecule has 2 nitrogen and oxygen atoms in total. The average molecular weight is 347 g/mol. The van der Waals surface area contributed by atoms with Crippen LogP contribution in [-0.2, 0) is 4.79 Å². The van der Waals surface area contributed by atoms with Crippen molar-refractivity contribution >= 4 is 21.7 Å². The van der Waals surface area contributed by atoms with Crippen LogP contribution in [0.2, 0.25) is 0 Å². The highest BCUT2D eigenvalue weighted by Gasteiger charge is 2.01. The summed E-state index contributed by atoms with van der Waals surface area (Å²) in [6.07, 6.45) is 2.00. The molecule has 0 amide bonds. The first kappa shape index (κ1) is 15.8. The molecule has 21 heavy (non-hydrogen) atoms. The molecular weight excluding hydrogens is 328 g/mol. The van der Waals surface area contributed by atoms with Gasteiger partial charge in [0.05, 0.1) is 6.61 Å². The second-order valence-electron chi connectivity index (χ2n) is 4.88. The summed E-state index contributed by atoms with van der Waals surface area (Å²) in [7, 11) is 0. The Balaban J connectivity index is 1.87. The van der Waals surface area contributed by atoms with E-state index in [1.807, 2.05) is 31.2 Å². The number of ether oxygens (including phenoxy) is 1. The van der Waals surface area contributed by atoms with Crippen LogP contribution in [0.4, 0.5) is 0 Å². The quantitative estimate of drug-likeness (QED) is 0.639. The molecular formula is C18H19BrO2. The van der Waals surface area contributed by atoms with Gasteiger partial charge in [0.15, 0.2) is 0 Å². The number of ketones is 1. The van der Waals surface area contributed by atoms with Crippen LogP contribution >= 0.6 is 15.9 Å². The molecule has 0 aliphatic heterocycles. The predicted octanol–water partition coefficient (Wildman–Crippen LogP) is 5.25. The third-order valence-corrected chi connectivity index (χ3v) is 3.82. The molecule has 0 heterocycles. The zero-order valence-corrected chi connectivity index (χ0v) is 13.7. The lowest BCUT2D eigenvalue weighted by Crippen LogP contribution is -2.02. The number of carbonyl (C=O) groups is 1. The summed E-state index contributed by atoms with van der Waals surface area (Å²) < 4.78 is 6.73. The van der Waals surface area contributed by atoms with Gasteiger partial charge >= 0.3 is 0 Å². The van der Waals surface area contributed by atoms with Crippen molar-refractivity contribution in [3.63, 3.8) is 0 Å². The number of carbonyl (C=O) groups excluding carboxylic acids is 1. The average Bonchev–Trinajstić information content (AvgIpc) is 2.52. The molecule has 2 rings (SSSR count). The summed E-state index contributed by atoms with van der Waals surface area (Å²) in [6.45, 7) is 2.48. The van der Waals surface area contributed by atoms with E-state index in [1.54, 1.807) is 0 Å². The van der Waals surface area contributed by atoms with Crippen molar-refractivity contribution in [3.8, 4) is 16.9 Å². The van der Waals surface area contributed by atoms with Gasteiger partial charge in [0.1, 0.15) is 11.5 Å². The maximum atomic E-state index is 11.2. The van der Waals surface area contributed by atoms with E-state index < -0.39 is 0 Å². The van der Waals surface area contributed by atoms with E-state index in [1.165, 1.54) is 5.56 Å². The fourth-order valence-electron chi connectivity index (χ4n) is 2.02. The van der Waals surface area contributed by atoms with Crippen molar-refractivity contribution in [1.29, 1.82) is 0 Å². The largest absolute Gasteiger partial charge is 0.494 e. The van der Waals surface area contributed by atoms with Crippen LogP contribution in [0.5, 0.6) is 5.75 Å². The monoisotopic (exact) mass is 346 g/mol. The highest BCUT2D eigenvalue weighted by Crippen LogP contribution is 2.24. The second kappa shape index (κ2) is 7.99. The summed E-state index contributed by atoms with van der Waals surface area (Å²) >= 11 is 3.44. The van der Waals surface area contributed by atoms with Gasteiger partial charge in [0.2, 0.25) is 0 Å². The van der Waals surface area contributed by atoms with Crippen LogP contribution in [0, 0.1) is 0 Å². The lowest BCUT2D eigenvalue weighted by molar-refractivity contribution is -0.118. The van der Waals surface area contributed by atoms with Crippen LogP contribution in [0.25, 0.3) is 11.1 Å². The van der Waals surface area contributed by atoms with Crippen LogP contribution in [0.15, 0.2) is 53.0 Å². The smallest absolute Gasteiger partial charge is 0.132 e. The first-order chi connectivity index (χ1) is 10.2. The van der Waals surface area contributed by atoms with Gasteiger partial charge in [-0.15, -0.1) is 0 Å². The lowest BCUT2D eigenvalue weighted by Gasteiger charge is -2.07. The van der Waals surface area contributed by atoms with Crippen molar-refractivity contribution < 1.29 is 9.53 Å². The van der Waals surface area contributed by atoms with E-state index >= 15 is 0 Å². The summed E-state index contributed by atoms with van der Waals surface area (Å²) in [5.74, 6) is 1.14. The molecule has 0 atom stereocenters. The Labute approximate surface area is 134 Å². The van der Waals surface area contributed by atoms with Crippen LogP contribution in [0.1, 0.15) is 26.2 Å². The molecule has 2 aromatic carbocycles. The molecule has 110 valence electrons. The number of Topliss-reactive ketones (excluding diaryl/α,β-unsaturated/α-hetero) is 1. The molecule has 0 N–H and O–H groups in total. The highest BCUT2D eigenvalue weighted by atomic mass is 79.9. The Kier molecular flexibility index (Phi) is 6.00. The minimum atomic E-state index is 0.296. The summed E-state index contributed by atoms with van der Waals surface area (Å²) in [6, 6.07) is 16.3. The first-order valence-corrected chi connectivity index (χ1v) is 7.99. The lowest BCUT2D eigenvalue weighted by atomic mass is 10.1. The molecule has 0 bridgehead atoms. The fraction of sp³-hybridized carbons (Fsp3) is 0.278. The summed E-state index contributed by atoms with van der Waals surface area (Å²) in [5, 5.41) is 0. The number of rotatable bonds is 7. The van der Waals surface area contributed by atoms with E-state index in [4.69, 9.17) is 4.74 Å². The first-order valence-electron chi connectivity index (χ1n) is 7.19. The topological polar surface area (TPSA) is 26.3 Å². The standard InChI is InChI=1S/C18H19BrO2/c1-2-17(20)4-3-13-21-18-11-7-15(8-12-18)14-5-9-16(19)10-6-14/h5-12H,2-4,13H2,1H3. The van der Waals surface area contributed by atoms with Crippen LogP contribution < -0.4 is 4.74 Å². The van der Waals surface area contributed by atoms with Crippen molar-refractivity contribution in [1.82, 2.24) is 0 Å². The van der Waals surface area contributed by atoms with Crippen molar-refractivity contribution in [2.75, 3.05) is 6.61 Å². The third-order valence-electron chi connectivity index (χ3n) is 3.29. The van der Waals surface area contributed by atoms with E-state index in [9.17, 15) is 4.79 Å². The third kappa shape index (κ3) is 5.01. The molecule has 3 heteroatoms. The van der Waals surface area contributed by atoms with Crippen molar-refractivity contribution in [2.24, 2.45) is 0 Å². The number of halogens is 1. The normalized spacial score (nSPS) is 10.4. The minimum Gasteiger partial charge on any atom is -0.494 e. The molecule has 0 aliphatic rings. The van der Waals surface area contributed by atoms with E-state index in [0.717, 1.165) is 22.2 Å². The zero-order chi connectivity index (χ0) is 15.1. The maximum Gasteiger partial charge on any atom is 0.132 e. The molecule has 0 unspecified atom stereocenters. The van der Waals surface area contributed by atoms with Gasteiger partial charge in [-0.1, -0.05) is 47.1 Å². The van der Waals surface area contributed by atoms with Gasteiger partial charge in [-0.3, -0.25) is 4.79 Å². The Hall–Kier alpha value is -1.61. The molecule has 0 saturated heterocycles. The predicted molar refractivity (Wildman–Crippen MR) is 89.6 cm³/mol. The van der Waals surface area contributed by atoms with Gasteiger partial charge < -0.3 is 4.74 Å². The van der Waals surface area contributed by atoms with Crippen molar-refractivity contribution in [2.45, 2.75) is 26.2 Å². The van der Waals surface area contributed by atoms with Gasteiger partial charge in [0, 0.05) is 17.3 Å². The zero-order valence-electron chi connectivity index (χ0n) is 12.1. The maximum absolute atomic E-state index is 11.2. The van der Waals surface area contributed by atoms with Crippen molar-refractivity contribution in [3.05, 3.63) is 53.0 Å². The fourth-order valence-corrected chi connectivity index (χ4v) is 2.29. The Morgan fingerprint density at radius 1 is 1.00 bits per heavy atom. The van der Waals surface area contributed by atoms with Gasteiger partial charge in [0.25, 0.3) is 0 Å². The Bertz CT molecular complexity index is 573. The Morgan fingerprint density at radius 3 is 2.14 bits per heavy atom. The molecule has 0 saturated carbocycles. The minimum absolute atomic E-state index is 0.296. The number of hydrogen-bond donors (Lipinski definition) is 0. The van der Waals surface area contributed by atoms with E-state index in [2.05, 4.69) is 40.2 Å². The second-order valence-corrected chi connectivity index (χ2v) is 5.79. The SMILES string of the molecule is CCC(=O)CCCOc1ccc(-c2ccc(Br)cc2)cc1. The molecule has 0 spiro atoms. The summed E-state index contributed by atoms with van der Waals surface area (Å²) in [4.78, 5) is 11.2. The molecule has 0 radical (unpaired) electrons. The van der Waals surface area contributed by atoms with Gasteiger partial charge in [-0.2, -0.15) is 0 Å². The van der Waals surface area contributed by atoms with Crippen LogP contribution in [-0.4, -0.2) is 12.4 Å². The van der Waals surface area contributed by atoms with Gasteiger partial charge in [-0.25, -0.2) is 0 Å². The van der Waals surface area contributed by atoms with Gasteiger partial charge in [-0.05, 0) is 41.8 Å². The van der Waals surface area contributed by atoms with Crippen LogP contribution in [0.3, 0.4) is 0 Å². The highest BCUT2D eigenvalue weighted by molar-refractivity contribution is 9.10. The molecule has 0 aliphatic carbocycles. The number of benzene rings is 2. The van der Waals surface area contributed by atoms with E-state index in [0.29, 0.717) is 25.2 Å². The number of hydrogen-bond acceptors (Lipinski definition) is 2. The Morgan fingerprint density at radius 2 is 1.57 bits per heavy atom. The summed E-state index contributed by atoms with van der Waals surface area (Å²) in [5.41, 5.74) is 2.34. The molecule has 0 fully saturated rings. The molecule has 2 aromatic rings.